The first-order chi connectivity index (χ1) is 12.3. The van der Waals surface area contributed by atoms with E-state index < -0.39 is 6.43 Å². The molecule has 1 N–H and O–H groups in total. The molecule has 0 heterocycles. The number of halogens is 3. The number of benzene rings is 2. The summed E-state index contributed by atoms with van der Waals surface area (Å²) in [4.78, 5) is 9.17. The largest absolute Gasteiger partial charge is 0.489 e. The summed E-state index contributed by atoms with van der Waals surface area (Å²) in [6.45, 7) is 3.48. The fraction of sp³-hybridized carbons (Fsp3) is 0.316. The molecule has 0 saturated heterocycles. The number of para-hydroxylation sites is 1. The van der Waals surface area contributed by atoms with E-state index in [4.69, 9.17) is 4.74 Å². The molecule has 0 bridgehead atoms. The zero-order chi connectivity index (χ0) is 19.7. The van der Waals surface area contributed by atoms with Crippen LogP contribution in [0.25, 0.3) is 0 Å². The maximum absolute atomic E-state index is 13.0. The predicted octanol–water partition coefficient (Wildman–Crippen LogP) is 5.07. The van der Waals surface area contributed by atoms with E-state index in [1.165, 1.54) is 37.4 Å². The van der Waals surface area contributed by atoms with Crippen molar-refractivity contribution in [1.82, 2.24) is 0 Å². The van der Waals surface area contributed by atoms with Crippen LogP contribution in [0, 0.1) is 12.7 Å². The average Bonchev–Trinajstić information content (AvgIpc) is 2.60. The number of aldehydes is 1. The van der Waals surface area contributed by atoms with Gasteiger partial charge in [-0.3, -0.25) is 10.3 Å². The minimum Gasteiger partial charge on any atom is -0.489 e. The van der Waals surface area contributed by atoms with E-state index in [0.717, 1.165) is 6.29 Å². The van der Waals surface area contributed by atoms with Gasteiger partial charge in [-0.25, -0.2) is 13.2 Å². The first-order valence-corrected chi connectivity index (χ1v) is 7.96. The predicted molar refractivity (Wildman–Crippen MR) is 93.4 cm³/mol. The number of carbonyl (C=O) groups excluding carboxylic acids is 1. The molecule has 26 heavy (non-hydrogen) atoms. The van der Waals surface area contributed by atoms with Crippen LogP contribution in [0.4, 0.5) is 18.9 Å². The Morgan fingerprint density at radius 1 is 1.27 bits per heavy atom. The fourth-order valence-electron chi connectivity index (χ4n) is 2.23. The number of hydrogen-bond donors (Lipinski definition) is 1. The van der Waals surface area contributed by atoms with Gasteiger partial charge in [0, 0.05) is 24.6 Å². The van der Waals surface area contributed by atoms with Gasteiger partial charge in [0.2, 0.25) is 0 Å². The lowest BCUT2D eigenvalue weighted by Crippen LogP contribution is -2.16. The molecule has 0 aliphatic rings. The SMILES string of the molecule is CCC=O.Cc1cc(F)ccc1OCc1cccc(C(F)F)c1N(C)O. The smallest absolute Gasteiger partial charge is 0.265 e. The summed E-state index contributed by atoms with van der Waals surface area (Å²) in [5.74, 6) is 0.0794. The van der Waals surface area contributed by atoms with Crippen LogP contribution >= 0.6 is 0 Å². The van der Waals surface area contributed by atoms with E-state index in [-0.39, 0.29) is 23.7 Å². The van der Waals surface area contributed by atoms with Crippen molar-refractivity contribution in [1.29, 1.82) is 0 Å². The molecule has 0 fully saturated rings. The van der Waals surface area contributed by atoms with Crippen molar-refractivity contribution >= 4 is 12.0 Å². The van der Waals surface area contributed by atoms with Crippen LogP contribution in [0.2, 0.25) is 0 Å². The number of anilines is 1. The molecule has 0 aromatic heterocycles. The number of nitrogens with zero attached hydrogens (tertiary/aromatic N) is 1. The van der Waals surface area contributed by atoms with E-state index in [9.17, 15) is 23.2 Å². The molecule has 0 amide bonds. The van der Waals surface area contributed by atoms with Gasteiger partial charge in [-0.2, -0.15) is 0 Å². The molecular weight excluding hydrogens is 347 g/mol. The van der Waals surface area contributed by atoms with Crippen LogP contribution in [0.3, 0.4) is 0 Å². The van der Waals surface area contributed by atoms with Crippen molar-refractivity contribution in [2.24, 2.45) is 0 Å². The highest BCUT2D eigenvalue weighted by atomic mass is 19.3. The van der Waals surface area contributed by atoms with Gasteiger partial charge < -0.3 is 9.53 Å². The van der Waals surface area contributed by atoms with Crippen molar-refractivity contribution in [3.05, 3.63) is 58.9 Å². The minimum atomic E-state index is -2.71. The molecule has 0 saturated carbocycles. The zero-order valence-corrected chi connectivity index (χ0v) is 14.9. The lowest BCUT2D eigenvalue weighted by Gasteiger charge is -2.20. The van der Waals surface area contributed by atoms with Crippen LogP contribution in [0.15, 0.2) is 36.4 Å². The summed E-state index contributed by atoms with van der Waals surface area (Å²) < 4.78 is 44.6. The van der Waals surface area contributed by atoms with E-state index in [2.05, 4.69) is 0 Å². The molecular formula is C19H22F3NO3. The topological polar surface area (TPSA) is 49.8 Å². The molecule has 0 unspecified atom stereocenters. The fourth-order valence-corrected chi connectivity index (χ4v) is 2.23. The average molecular weight is 369 g/mol. The Morgan fingerprint density at radius 3 is 2.42 bits per heavy atom. The maximum atomic E-state index is 13.0. The molecule has 2 aromatic rings. The van der Waals surface area contributed by atoms with Gasteiger partial charge in [0.05, 0.1) is 5.69 Å². The molecule has 2 aromatic carbocycles. The molecule has 142 valence electrons. The van der Waals surface area contributed by atoms with Crippen LogP contribution < -0.4 is 9.80 Å². The highest BCUT2D eigenvalue weighted by Crippen LogP contribution is 2.32. The van der Waals surface area contributed by atoms with Crippen LogP contribution in [0.1, 0.15) is 36.5 Å². The molecule has 2 rings (SSSR count). The van der Waals surface area contributed by atoms with Gasteiger partial charge >= 0.3 is 0 Å². The summed E-state index contributed by atoms with van der Waals surface area (Å²) in [6, 6.07) is 8.38. The first-order valence-electron chi connectivity index (χ1n) is 7.96. The van der Waals surface area contributed by atoms with Gasteiger partial charge in [0.15, 0.2) is 0 Å². The van der Waals surface area contributed by atoms with Gasteiger partial charge in [0.25, 0.3) is 6.43 Å². The maximum Gasteiger partial charge on any atom is 0.265 e. The third-order valence-electron chi connectivity index (χ3n) is 3.40. The van der Waals surface area contributed by atoms with Crippen molar-refractivity contribution in [3.63, 3.8) is 0 Å². The van der Waals surface area contributed by atoms with E-state index >= 15 is 0 Å². The third kappa shape index (κ3) is 6.07. The molecule has 7 heteroatoms. The van der Waals surface area contributed by atoms with Crippen LogP contribution in [-0.4, -0.2) is 18.5 Å². The highest BCUT2D eigenvalue weighted by molar-refractivity contribution is 5.58. The summed E-state index contributed by atoms with van der Waals surface area (Å²) in [5, 5.41) is 10.3. The minimum absolute atomic E-state index is 0.0114. The third-order valence-corrected chi connectivity index (χ3v) is 3.40. The van der Waals surface area contributed by atoms with Crippen molar-refractivity contribution in [2.75, 3.05) is 12.1 Å². The lowest BCUT2D eigenvalue weighted by molar-refractivity contribution is -0.107. The first kappa shape index (κ1) is 21.5. The molecule has 0 aliphatic heterocycles. The summed E-state index contributed by atoms with van der Waals surface area (Å²) in [7, 11) is 1.27. The van der Waals surface area contributed by atoms with Crippen molar-refractivity contribution in [3.8, 4) is 5.75 Å². The number of carbonyl (C=O) groups is 1. The summed E-state index contributed by atoms with van der Waals surface area (Å²) in [5.41, 5.74) is 0.745. The van der Waals surface area contributed by atoms with E-state index in [1.807, 2.05) is 6.92 Å². The monoisotopic (exact) mass is 369 g/mol. The summed E-state index contributed by atoms with van der Waals surface area (Å²) >= 11 is 0. The Bertz CT molecular complexity index is 721. The molecule has 0 atom stereocenters. The standard InChI is InChI=1S/C16H16F3NO2.C3H6O/c1-10-8-12(17)6-7-14(10)22-9-11-4-3-5-13(16(18)19)15(11)20(2)21;1-2-3-4/h3-8,16,21H,9H2,1-2H3;3H,2H2,1H3. The Labute approximate surface area is 150 Å². The van der Waals surface area contributed by atoms with Gasteiger partial charge in [0.1, 0.15) is 24.5 Å². The Morgan fingerprint density at radius 2 is 1.92 bits per heavy atom. The van der Waals surface area contributed by atoms with Gasteiger partial charge in [-0.05, 0) is 30.7 Å². The number of ether oxygens (including phenoxy) is 1. The van der Waals surface area contributed by atoms with E-state index in [0.29, 0.717) is 28.4 Å². The second-order valence-electron chi connectivity index (χ2n) is 5.45. The number of aryl methyl sites for hydroxylation is 1. The van der Waals surface area contributed by atoms with Crippen LogP contribution in [-0.2, 0) is 11.4 Å². The number of alkyl halides is 2. The van der Waals surface area contributed by atoms with Crippen molar-refractivity contribution in [2.45, 2.75) is 33.3 Å². The van der Waals surface area contributed by atoms with E-state index in [1.54, 1.807) is 13.0 Å². The number of hydroxylamine groups is 1. The van der Waals surface area contributed by atoms with Crippen LogP contribution in [0.5, 0.6) is 5.75 Å². The molecule has 0 spiro atoms. The Kier molecular flexibility index (Phi) is 8.64. The molecule has 4 nitrogen and oxygen atoms in total. The second-order valence-corrected chi connectivity index (χ2v) is 5.45. The highest BCUT2D eigenvalue weighted by Gasteiger charge is 2.19. The Balaban J connectivity index is 0.000000765. The Hall–Kier alpha value is -2.54. The zero-order valence-electron chi connectivity index (χ0n) is 14.9. The summed E-state index contributed by atoms with van der Waals surface area (Å²) in [6.07, 6.45) is -1.20. The molecule has 0 aliphatic carbocycles. The van der Waals surface area contributed by atoms with Gasteiger partial charge in [-0.1, -0.05) is 25.1 Å². The van der Waals surface area contributed by atoms with Gasteiger partial charge in [-0.15, -0.1) is 0 Å². The van der Waals surface area contributed by atoms with Crippen molar-refractivity contribution < 1.29 is 27.9 Å². The molecule has 0 radical (unpaired) electrons. The lowest BCUT2D eigenvalue weighted by atomic mass is 10.1. The quantitative estimate of drug-likeness (QED) is 0.570. The normalized spacial score (nSPS) is 10.2. The second kappa shape index (κ2) is 10.5. The number of rotatable bonds is 6. The number of hydrogen-bond acceptors (Lipinski definition) is 4.